The monoisotopic (exact) mass is 467 g/mol. The number of carbonyl (C=O) groups is 2. The maximum Gasteiger partial charge on any atom is 0.244 e. The molecule has 1 aliphatic heterocycles. The molecule has 2 heterocycles. The summed E-state index contributed by atoms with van der Waals surface area (Å²) in [6.07, 6.45) is 3.43. The zero-order chi connectivity index (χ0) is 23.4. The molecule has 0 aliphatic carbocycles. The van der Waals surface area contributed by atoms with E-state index in [2.05, 4.69) is 10.3 Å². The van der Waals surface area contributed by atoms with Gasteiger partial charge in [0.2, 0.25) is 11.8 Å². The third kappa shape index (κ3) is 5.67. The van der Waals surface area contributed by atoms with E-state index in [1.54, 1.807) is 18.2 Å². The number of carbonyl (C=O) groups excluding carboxylic acids is 2. The molecule has 0 bridgehead atoms. The number of benzene rings is 2. The second kappa shape index (κ2) is 9.58. The molecule has 2 amide bonds. The van der Waals surface area contributed by atoms with Gasteiger partial charge in [-0.25, -0.2) is 13.4 Å². The normalized spacial score (nSPS) is 15.7. The Hall–Kier alpha value is -3.46. The molecule has 8 nitrogen and oxygen atoms in total. The number of sulfone groups is 1. The van der Waals surface area contributed by atoms with Gasteiger partial charge in [-0.05, 0) is 49.6 Å². The van der Waals surface area contributed by atoms with Crippen molar-refractivity contribution in [1.29, 1.82) is 0 Å². The summed E-state index contributed by atoms with van der Waals surface area (Å²) in [5, 5.41) is 2.83. The van der Waals surface area contributed by atoms with Crippen LogP contribution in [0.4, 0.5) is 11.4 Å². The Balaban J connectivity index is 1.48. The van der Waals surface area contributed by atoms with Gasteiger partial charge < -0.3 is 14.6 Å². The summed E-state index contributed by atoms with van der Waals surface area (Å²) in [5.74, 6) is -1.01. The molecule has 1 aliphatic rings. The molecule has 0 saturated carbocycles. The van der Waals surface area contributed by atoms with Crippen LogP contribution < -0.4 is 10.2 Å². The topological polar surface area (TPSA) is 110 Å². The number of nitrogens with one attached hydrogen (secondary N) is 1. The molecule has 9 heteroatoms. The zero-order valence-electron chi connectivity index (χ0n) is 18.2. The number of rotatable bonds is 6. The number of amides is 2. The molecule has 3 aromatic rings. The van der Waals surface area contributed by atoms with Crippen molar-refractivity contribution in [1.82, 2.24) is 4.98 Å². The van der Waals surface area contributed by atoms with Gasteiger partial charge in [-0.2, -0.15) is 0 Å². The molecular formula is C24H25N3O5S. The van der Waals surface area contributed by atoms with Crippen molar-refractivity contribution in [2.45, 2.75) is 19.8 Å². The maximum atomic E-state index is 13.3. The summed E-state index contributed by atoms with van der Waals surface area (Å²) in [6.45, 7) is 1.74. The summed E-state index contributed by atoms with van der Waals surface area (Å²) in [6, 6.07) is 14.5. The Morgan fingerprint density at radius 2 is 1.85 bits per heavy atom. The molecule has 172 valence electrons. The molecule has 4 rings (SSSR count). The van der Waals surface area contributed by atoms with Gasteiger partial charge in [0.15, 0.2) is 6.39 Å². The minimum atomic E-state index is -3.09. The van der Waals surface area contributed by atoms with Crippen molar-refractivity contribution in [2.24, 2.45) is 5.92 Å². The summed E-state index contributed by atoms with van der Waals surface area (Å²) >= 11 is 0. The van der Waals surface area contributed by atoms with Gasteiger partial charge in [-0.15, -0.1) is 0 Å². The summed E-state index contributed by atoms with van der Waals surface area (Å²) in [5.41, 5.74) is 3.71. The lowest BCUT2D eigenvalue weighted by Crippen LogP contribution is -2.43. The minimum Gasteiger partial charge on any atom is -0.451 e. The lowest BCUT2D eigenvalue weighted by Gasteiger charge is -2.29. The van der Waals surface area contributed by atoms with Crippen molar-refractivity contribution < 1.29 is 22.4 Å². The van der Waals surface area contributed by atoms with Crippen LogP contribution in [0, 0.1) is 12.8 Å². The third-order valence-electron chi connectivity index (χ3n) is 5.68. The first-order valence-electron chi connectivity index (χ1n) is 10.7. The molecule has 1 saturated heterocycles. The molecule has 0 atom stereocenters. The van der Waals surface area contributed by atoms with Gasteiger partial charge in [0.25, 0.3) is 0 Å². The fourth-order valence-corrected chi connectivity index (χ4v) is 5.36. The SMILES string of the molecule is Cc1cccc(N(CC(=O)Nc2ccc(-c3cocn3)cc2)C(=O)C2CCS(=O)(=O)CC2)c1. The first-order chi connectivity index (χ1) is 15.8. The predicted octanol–water partition coefficient (Wildman–Crippen LogP) is 3.45. The van der Waals surface area contributed by atoms with Crippen molar-refractivity contribution in [2.75, 3.05) is 28.3 Å². The number of hydrogen-bond donors (Lipinski definition) is 1. The average Bonchev–Trinajstić information content (AvgIpc) is 3.32. The van der Waals surface area contributed by atoms with Crippen LogP contribution in [0.2, 0.25) is 0 Å². The first-order valence-corrected chi connectivity index (χ1v) is 12.5. The van der Waals surface area contributed by atoms with Crippen LogP contribution in [-0.2, 0) is 19.4 Å². The predicted molar refractivity (Wildman–Crippen MR) is 125 cm³/mol. The Morgan fingerprint density at radius 1 is 1.12 bits per heavy atom. The quantitative estimate of drug-likeness (QED) is 0.595. The van der Waals surface area contributed by atoms with Crippen LogP contribution in [0.3, 0.4) is 0 Å². The highest BCUT2D eigenvalue weighted by molar-refractivity contribution is 7.91. The molecule has 0 radical (unpaired) electrons. The van der Waals surface area contributed by atoms with Crippen LogP contribution in [0.5, 0.6) is 0 Å². The lowest BCUT2D eigenvalue weighted by atomic mass is 10.0. The highest BCUT2D eigenvalue weighted by Gasteiger charge is 2.32. The Bertz CT molecular complexity index is 1220. The summed E-state index contributed by atoms with van der Waals surface area (Å²) < 4.78 is 28.6. The molecule has 1 N–H and O–H groups in total. The van der Waals surface area contributed by atoms with Crippen molar-refractivity contribution >= 4 is 33.0 Å². The Kier molecular flexibility index (Phi) is 6.60. The van der Waals surface area contributed by atoms with Crippen LogP contribution in [-0.4, -0.2) is 43.3 Å². The number of nitrogens with zero attached hydrogens (tertiary/aromatic N) is 2. The summed E-state index contributed by atoms with van der Waals surface area (Å²) in [7, 11) is -3.09. The van der Waals surface area contributed by atoms with Crippen molar-refractivity contribution in [3.8, 4) is 11.3 Å². The van der Waals surface area contributed by atoms with Crippen LogP contribution in [0.25, 0.3) is 11.3 Å². The van der Waals surface area contributed by atoms with Gasteiger partial charge in [-0.1, -0.05) is 24.3 Å². The van der Waals surface area contributed by atoms with E-state index in [1.807, 2.05) is 37.3 Å². The van der Waals surface area contributed by atoms with Gasteiger partial charge >= 0.3 is 0 Å². The number of oxazole rings is 1. The molecule has 2 aromatic carbocycles. The van der Waals surface area contributed by atoms with E-state index in [9.17, 15) is 18.0 Å². The van der Waals surface area contributed by atoms with E-state index in [1.165, 1.54) is 17.6 Å². The number of anilines is 2. The van der Waals surface area contributed by atoms with Gasteiger partial charge in [0, 0.05) is 22.9 Å². The van der Waals surface area contributed by atoms with E-state index >= 15 is 0 Å². The van der Waals surface area contributed by atoms with Gasteiger partial charge in [-0.3, -0.25) is 9.59 Å². The highest BCUT2D eigenvalue weighted by atomic mass is 32.2. The van der Waals surface area contributed by atoms with E-state index in [0.29, 0.717) is 17.1 Å². The van der Waals surface area contributed by atoms with E-state index in [-0.39, 0.29) is 42.7 Å². The number of aryl methyl sites for hydroxylation is 1. The van der Waals surface area contributed by atoms with Gasteiger partial charge in [0.05, 0.1) is 11.5 Å². The standard InChI is InChI=1S/C24H25N3O5S/c1-17-3-2-4-21(13-17)27(24(29)19-9-11-33(30,31)12-10-19)14-23(28)26-20-7-5-18(6-8-20)22-15-32-16-25-22/h2-8,13,15-16,19H,9-12,14H2,1H3,(H,26,28). The second-order valence-electron chi connectivity index (χ2n) is 8.19. The Morgan fingerprint density at radius 3 is 2.48 bits per heavy atom. The first kappa shape index (κ1) is 22.7. The average molecular weight is 468 g/mol. The second-order valence-corrected chi connectivity index (χ2v) is 10.5. The lowest BCUT2D eigenvalue weighted by molar-refractivity contribution is -0.124. The van der Waals surface area contributed by atoms with Gasteiger partial charge in [0.1, 0.15) is 28.3 Å². The molecule has 0 unspecified atom stereocenters. The largest absolute Gasteiger partial charge is 0.451 e. The molecule has 1 aromatic heterocycles. The third-order valence-corrected chi connectivity index (χ3v) is 7.40. The number of aromatic nitrogens is 1. The molecule has 1 fully saturated rings. The fourth-order valence-electron chi connectivity index (χ4n) is 3.87. The Labute approximate surface area is 192 Å². The molecular weight excluding hydrogens is 442 g/mol. The van der Waals surface area contributed by atoms with Crippen molar-refractivity contribution in [3.05, 3.63) is 66.8 Å². The maximum absolute atomic E-state index is 13.3. The summed E-state index contributed by atoms with van der Waals surface area (Å²) in [4.78, 5) is 31.7. The highest BCUT2D eigenvalue weighted by Crippen LogP contribution is 2.25. The molecule has 0 spiro atoms. The minimum absolute atomic E-state index is 0.00483. The zero-order valence-corrected chi connectivity index (χ0v) is 19.0. The smallest absolute Gasteiger partial charge is 0.244 e. The molecule has 33 heavy (non-hydrogen) atoms. The van der Waals surface area contributed by atoms with E-state index < -0.39 is 15.8 Å². The fraction of sp³-hybridized carbons (Fsp3) is 0.292. The number of hydrogen-bond acceptors (Lipinski definition) is 6. The van der Waals surface area contributed by atoms with E-state index in [4.69, 9.17) is 4.42 Å². The van der Waals surface area contributed by atoms with Crippen LogP contribution >= 0.6 is 0 Å². The van der Waals surface area contributed by atoms with Crippen LogP contribution in [0.15, 0.2) is 65.6 Å². The van der Waals surface area contributed by atoms with E-state index in [0.717, 1.165) is 11.1 Å². The van der Waals surface area contributed by atoms with Crippen LogP contribution in [0.1, 0.15) is 18.4 Å². The van der Waals surface area contributed by atoms with Crippen molar-refractivity contribution in [3.63, 3.8) is 0 Å².